The Bertz CT molecular complexity index is 276. The average molecular weight is 166 g/mol. The van der Waals surface area contributed by atoms with E-state index < -0.39 is 0 Å². The fraction of sp³-hybridized carbons (Fsp3) is 0.556. The number of Topliss-reactive ketones (excluding diaryl/α,β-unsaturated/α-hetero) is 1. The number of hydrogen-bond donors (Lipinski definition) is 0. The van der Waals surface area contributed by atoms with Crippen molar-refractivity contribution in [1.82, 2.24) is 9.55 Å². The van der Waals surface area contributed by atoms with Crippen molar-refractivity contribution in [3.63, 3.8) is 0 Å². The normalized spacial score (nSPS) is 10.7. The second-order valence-corrected chi connectivity index (χ2v) is 3.29. The highest BCUT2D eigenvalue weighted by Gasteiger charge is 2.09. The van der Waals surface area contributed by atoms with Crippen LogP contribution >= 0.6 is 0 Å². The van der Waals surface area contributed by atoms with E-state index in [-0.39, 0.29) is 11.7 Å². The van der Waals surface area contributed by atoms with Crippen LogP contribution in [0.3, 0.4) is 0 Å². The van der Waals surface area contributed by atoms with Gasteiger partial charge in [0, 0.05) is 31.3 Å². The summed E-state index contributed by atoms with van der Waals surface area (Å²) in [6.07, 6.45) is 3.94. The average Bonchev–Trinajstić information content (AvgIpc) is 2.36. The van der Waals surface area contributed by atoms with Crippen molar-refractivity contribution in [3.05, 3.63) is 18.2 Å². The lowest BCUT2D eigenvalue weighted by molar-refractivity contribution is -0.121. The van der Waals surface area contributed by atoms with Crippen molar-refractivity contribution in [2.24, 2.45) is 13.0 Å². The van der Waals surface area contributed by atoms with E-state index in [1.807, 2.05) is 25.5 Å². The number of carbonyl (C=O) groups excluding carboxylic acids is 1. The van der Waals surface area contributed by atoms with E-state index in [0.29, 0.717) is 6.42 Å². The molecule has 3 heteroatoms. The Morgan fingerprint density at radius 2 is 2.33 bits per heavy atom. The van der Waals surface area contributed by atoms with Crippen LogP contribution in [0, 0.1) is 5.92 Å². The highest BCUT2D eigenvalue weighted by molar-refractivity contribution is 5.82. The minimum Gasteiger partial charge on any atom is -0.337 e. The van der Waals surface area contributed by atoms with Gasteiger partial charge in [-0.2, -0.15) is 0 Å². The zero-order valence-electron chi connectivity index (χ0n) is 7.74. The highest BCUT2D eigenvalue weighted by Crippen LogP contribution is 2.03. The molecule has 0 saturated carbocycles. The van der Waals surface area contributed by atoms with Crippen LogP contribution in [0.2, 0.25) is 0 Å². The molecule has 0 radical (unpaired) electrons. The Hall–Kier alpha value is -1.12. The minimum atomic E-state index is 0.111. The number of rotatable bonds is 3. The van der Waals surface area contributed by atoms with Crippen LogP contribution in [0.4, 0.5) is 0 Å². The van der Waals surface area contributed by atoms with Crippen LogP contribution < -0.4 is 0 Å². The fourth-order valence-electron chi connectivity index (χ4n) is 0.938. The molecule has 0 saturated heterocycles. The Kier molecular flexibility index (Phi) is 2.63. The Morgan fingerprint density at radius 1 is 1.67 bits per heavy atom. The summed E-state index contributed by atoms with van der Waals surface area (Å²) in [7, 11) is 1.90. The molecule has 0 aromatic carbocycles. The maximum absolute atomic E-state index is 11.3. The van der Waals surface area contributed by atoms with Gasteiger partial charge < -0.3 is 4.57 Å². The molecule has 66 valence electrons. The van der Waals surface area contributed by atoms with Crippen molar-refractivity contribution < 1.29 is 4.79 Å². The number of ketones is 1. The molecular formula is C9H14N2O. The fourth-order valence-corrected chi connectivity index (χ4v) is 0.938. The second-order valence-electron chi connectivity index (χ2n) is 3.29. The third kappa shape index (κ3) is 1.94. The molecule has 0 amide bonds. The third-order valence-corrected chi connectivity index (χ3v) is 1.92. The summed E-state index contributed by atoms with van der Waals surface area (Å²) in [5.74, 6) is 0.374. The van der Waals surface area contributed by atoms with Gasteiger partial charge in [0.2, 0.25) is 0 Å². The molecule has 3 nitrogen and oxygen atoms in total. The van der Waals surface area contributed by atoms with Gasteiger partial charge in [-0.1, -0.05) is 13.8 Å². The first-order valence-electron chi connectivity index (χ1n) is 4.09. The van der Waals surface area contributed by atoms with Gasteiger partial charge in [-0.3, -0.25) is 4.79 Å². The van der Waals surface area contributed by atoms with Crippen molar-refractivity contribution >= 4 is 5.78 Å². The van der Waals surface area contributed by atoms with Gasteiger partial charge in [0.05, 0.1) is 6.33 Å². The summed E-state index contributed by atoms with van der Waals surface area (Å²) in [5.41, 5.74) is 0.980. The molecule has 0 aliphatic carbocycles. The van der Waals surface area contributed by atoms with E-state index >= 15 is 0 Å². The van der Waals surface area contributed by atoms with E-state index in [1.54, 1.807) is 12.5 Å². The monoisotopic (exact) mass is 166 g/mol. The largest absolute Gasteiger partial charge is 0.337 e. The standard InChI is InChI=1S/C9H14N2O/c1-7(2)9(12)4-8-5-10-6-11(8)3/h5-7H,4H2,1-3H3. The highest BCUT2D eigenvalue weighted by atomic mass is 16.1. The molecule has 0 aliphatic rings. The molecule has 1 heterocycles. The molecule has 1 aromatic heterocycles. The number of nitrogens with zero attached hydrogens (tertiary/aromatic N) is 2. The predicted octanol–water partition coefficient (Wildman–Crippen LogP) is 1.19. The summed E-state index contributed by atoms with van der Waals surface area (Å²) >= 11 is 0. The van der Waals surface area contributed by atoms with E-state index in [2.05, 4.69) is 4.98 Å². The maximum Gasteiger partial charge on any atom is 0.141 e. The first-order valence-corrected chi connectivity index (χ1v) is 4.09. The van der Waals surface area contributed by atoms with Crippen LogP contribution in [0.5, 0.6) is 0 Å². The van der Waals surface area contributed by atoms with Gasteiger partial charge in [-0.25, -0.2) is 4.98 Å². The second kappa shape index (κ2) is 3.52. The number of carbonyl (C=O) groups is 1. The van der Waals surface area contributed by atoms with E-state index in [9.17, 15) is 4.79 Å². The summed E-state index contributed by atoms with van der Waals surface area (Å²) < 4.78 is 1.88. The number of aromatic nitrogens is 2. The van der Waals surface area contributed by atoms with E-state index in [1.165, 1.54) is 0 Å². The van der Waals surface area contributed by atoms with Crippen molar-refractivity contribution in [3.8, 4) is 0 Å². The molecule has 0 spiro atoms. The predicted molar refractivity (Wildman–Crippen MR) is 46.8 cm³/mol. The molecule has 0 aliphatic heterocycles. The van der Waals surface area contributed by atoms with Gasteiger partial charge in [0.15, 0.2) is 0 Å². The number of hydrogen-bond acceptors (Lipinski definition) is 2. The molecular weight excluding hydrogens is 152 g/mol. The Morgan fingerprint density at radius 3 is 2.75 bits per heavy atom. The summed E-state index contributed by atoms with van der Waals surface area (Å²) in [6, 6.07) is 0. The molecule has 1 rings (SSSR count). The molecule has 0 fully saturated rings. The number of imidazole rings is 1. The van der Waals surface area contributed by atoms with Crippen LogP contribution in [0.15, 0.2) is 12.5 Å². The first-order chi connectivity index (χ1) is 5.61. The summed E-state index contributed by atoms with van der Waals surface area (Å²) in [6.45, 7) is 3.83. The molecule has 0 atom stereocenters. The van der Waals surface area contributed by atoms with Crippen molar-refractivity contribution in [2.45, 2.75) is 20.3 Å². The summed E-state index contributed by atoms with van der Waals surface area (Å²) in [5, 5.41) is 0. The van der Waals surface area contributed by atoms with Crippen LogP contribution in [-0.4, -0.2) is 15.3 Å². The topological polar surface area (TPSA) is 34.9 Å². The maximum atomic E-state index is 11.3. The quantitative estimate of drug-likeness (QED) is 0.676. The van der Waals surface area contributed by atoms with Gasteiger partial charge in [-0.05, 0) is 0 Å². The minimum absolute atomic E-state index is 0.111. The molecule has 1 aromatic rings. The lowest BCUT2D eigenvalue weighted by Crippen LogP contribution is -2.12. The third-order valence-electron chi connectivity index (χ3n) is 1.92. The van der Waals surface area contributed by atoms with E-state index in [0.717, 1.165) is 5.69 Å². The summed E-state index contributed by atoms with van der Waals surface area (Å²) in [4.78, 5) is 15.3. The molecule has 12 heavy (non-hydrogen) atoms. The zero-order chi connectivity index (χ0) is 9.14. The number of aryl methyl sites for hydroxylation is 1. The van der Waals surface area contributed by atoms with Gasteiger partial charge in [0.25, 0.3) is 0 Å². The zero-order valence-corrected chi connectivity index (χ0v) is 7.74. The van der Waals surface area contributed by atoms with Gasteiger partial charge in [-0.15, -0.1) is 0 Å². The lowest BCUT2D eigenvalue weighted by Gasteiger charge is -2.03. The van der Waals surface area contributed by atoms with Crippen LogP contribution in [0.25, 0.3) is 0 Å². The van der Waals surface area contributed by atoms with Gasteiger partial charge in [0.1, 0.15) is 5.78 Å². The van der Waals surface area contributed by atoms with E-state index in [4.69, 9.17) is 0 Å². The smallest absolute Gasteiger partial charge is 0.141 e. The Labute approximate surface area is 72.4 Å². The van der Waals surface area contributed by atoms with Crippen LogP contribution in [-0.2, 0) is 18.3 Å². The Balaban J connectivity index is 2.64. The molecule has 0 bridgehead atoms. The molecule has 0 N–H and O–H groups in total. The first kappa shape index (κ1) is 8.97. The SMILES string of the molecule is CC(C)C(=O)Cc1cncn1C. The van der Waals surface area contributed by atoms with Crippen molar-refractivity contribution in [1.29, 1.82) is 0 Å². The van der Waals surface area contributed by atoms with Gasteiger partial charge >= 0.3 is 0 Å². The molecule has 0 unspecified atom stereocenters. The lowest BCUT2D eigenvalue weighted by atomic mass is 10.1. The van der Waals surface area contributed by atoms with Crippen molar-refractivity contribution in [2.75, 3.05) is 0 Å². The van der Waals surface area contributed by atoms with Crippen LogP contribution in [0.1, 0.15) is 19.5 Å².